The Bertz CT molecular complexity index is 1360. The van der Waals surface area contributed by atoms with Gasteiger partial charge in [0.1, 0.15) is 11.5 Å². The third-order valence-corrected chi connectivity index (χ3v) is 7.83. The maximum atomic E-state index is 14.1. The Morgan fingerprint density at radius 3 is 2.28 bits per heavy atom. The summed E-state index contributed by atoms with van der Waals surface area (Å²) < 4.78 is 43.4. The van der Waals surface area contributed by atoms with Crippen molar-refractivity contribution in [1.82, 2.24) is 10.2 Å². The number of carbonyl (C=O) groups excluding carboxylic acids is 1. The van der Waals surface area contributed by atoms with Crippen LogP contribution in [0.5, 0.6) is 0 Å². The van der Waals surface area contributed by atoms with Crippen LogP contribution in [0.4, 0.5) is 14.4 Å². The molecule has 0 spiro atoms. The number of amides is 1. The van der Waals surface area contributed by atoms with Crippen molar-refractivity contribution < 1.29 is 21.8 Å². The monoisotopic (exact) mass is 509 g/mol. The van der Waals surface area contributed by atoms with Crippen LogP contribution >= 0.6 is 0 Å². The van der Waals surface area contributed by atoms with E-state index in [-0.39, 0.29) is 23.8 Å². The van der Waals surface area contributed by atoms with Crippen LogP contribution in [0.15, 0.2) is 65.6 Å². The van der Waals surface area contributed by atoms with Crippen LogP contribution in [-0.2, 0) is 21.5 Å². The average Bonchev–Trinajstić information content (AvgIpc) is 3.18. The molecule has 1 aliphatic heterocycles. The number of rotatable bonds is 6. The number of benzene rings is 3. The zero-order valence-electron chi connectivity index (χ0n) is 20.0. The second-order valence-electron chi connectivity index (χ2n) is 9.18. The molecule has 1 heterocycles. The predicted molar refractivity (Wildman–Crippen MR) is 136 cm³/mol. The summed E-state index contributed by atoms with van der Waals surface area (Å²) in [5.41, 5.74) is 5.38. The van der Waals surface area contributed by atoms with Crippen LogP contribution in [0.2, 0.25) is 0 Å². The Hall–Kier alpha value is -3.27. The molecule has 5 rings (SSSR count). The van der Waals surface area contributed by atoms with E-state index in [0.717, 1.165) is 48.4 Å². The van der Waals surface area contributed by atoms with Crippen LogP contribution < -0.4 is 10.6 Å². The lowest BCUT2D eigenvalue weighted by molar-refractivity contribution is 0.158. The molecule has 36 heavy (non-hydrogen) atoms. The van der Waals surface area contributed by atoms with Crippen molar-refractivity contribution in [3.8, 4) is 11.1 Å². The topological polar surface area (TPSA) is 87.7 Å². The third-order valence-electron chi connectivity index (χ3n) is 6.88. The second-order valence-corrected chi connectivity index (χ2v) is 10.5. The van der Waals surface area contributed by atoms with Gasteiger partial charge in [-0.15, -0.1) is 3.89 Å². The van der Waals surface area contributed by atoms with Crippen LogP contribution in [0.1, 0.15) is 28.2 Å². The maximum absolute atomic E-state index is 14.1. The molecule has 1 saturated heterocycles. The molecule has 1 aliphatic carbocycles. The predicted octanol–water partition coefficient (Wildman–Crippen LogP) is 4.42. The van der Waals surface area contributed by atoms with Crippen molar-refractivity contribution in [3.63, 3.8) is 0 Å². The Labute approximate surface area is 210 Å². The van der Waals surface area contributed by atoms with Crippen molar-refractivity contribution in [1.29, 1.82) is 0 Å². The van der Waals surface area contributed by atoms with Crippen molar-refractivity contribution in [2.75, 3.05) is 38.1 Å². The molecule has 0 radical (unpaired) electrons. The van der Waals surface area contributed by atoms with Crippen LogP contribution in [0.25, 0.3) is 11.1 Å². The van der Waals surface area contributed by atoms with Crippen LogP contribution in [0, 0.1) is 6.92 Å². The smallest absolute Gasteiger partial charge is 0.411 e. The van der Waals surface area contributed by atoms with Gasteiger partial charge in [0.15, 0.2) is 0 Å². The molecule has 1 fully saturated rings. The highest BCUT2D eigenvalue weighted by Gasteiger charge is 2.29. The minimum absolute atomic E-state index is 0.106. The van der Waals surface area contributed by atoms with Gasteiger partial charge in [-0.1, -0.05) is 48.5 Å². The molecule has 3 aromatic rings. The first-order valence-electron chi connectivity index (χ1n) is 11.9. The molecule has 2 aliphatic rings. The molecule has 0 aromatic heterocycles. The van der Waals surface area contributed by atoms with Crippen molar-refractivity contribution in [2.45, 2.75) is 24.3 Å². The number of halogens is 1. The zero-order chi connectivity index (χ0) is 25.3. The van der Waals surface area contributed by atoms with E-state index in [1.165, 1.54) is 13.0 Å². The molecule has 0 saturated carbocycles. The first kappa shape index (κ1) is 24.4. The van der Waals surface area contributed by atoms with Gasteiger partial charge in [-0.2, -0.15) is 8.42 Å². The first-order chi connectivity index (χ1) is 17.3. The molecule has 0 unspecified atom stereocenters. The van der Waals surface area contributed by atoms with E-state index < -0.39 is 21.2 Å². The van der Waals surface area contributed by atoms with Crippen LogP contribution in [0.3, 0.4) is 0 Å². The standard InChI is InChI=1S/C27H28FN3O4S/c1-18-25(14-19(15-26(18)36(28,33)34)16-31-12-10-29-11-13-31)30-27(32)35-17-24-22-8-4-2-6-20(22)21-7-3-5-9-23(21)24/h2-9,14-15,24,29H,10-13,16-17H2,1H3,(H,30,32). The van der Waals surface area contributed by atoms with Gasteiger partial charge in [0.05, 0.1) is 0 Å². The normalized spacial score (nSPS) is 15.8. The summed E-state index contributed by atoms with van der Waals surface area (Å²) in [6.45, 7) is 5.27. The van der Waals surface area contributed by atoms with Crippen LogP contribution in [-0.4, -0.2) is 52.2 Å². The van der Waals surface area contributed by atoms with Gasteiger partial charge in [0, 0.05) is 44.3 Å². The second kappa shape index (κ2) is 10.0. The number of hydrogen-bond donors (Lipinski definition) is 2. The summed E-state index contributed by atoms with van der Waals surface area (Å²) in [5, 5.41) is 5.91. The number of fused-ring (bicyclic) bond motifs is 3. The van der Waals surface area contributed by atoms with E-state index in [1.54, 1.807) is 6.07 Å². The highest BCUT2D eigenvalue weighted by molar-refractivity contribution is 7.86. The lowest BCUT2D eigenvalue weighted by Crippen LogP contribution is -2.42. The molecule has 188 valence electrons. The number of anilines is 1. The summed E-state index contributed by atoms with van der Waals surface area (Å²) in [5.74, 6) is -0.106. The van der Waals surface area contributed by atoms with E-state index in [0.29, 0.717) is 12.1 Å². The number of ether oxygens (including phenoxy) is 1. The summed E-state index contributed by atoms with van der Waals surface area (Å²) in [6.07, 6.45) is -0.721. The van der Waals surface area contributed by atoms with E-state index in [1.807, 2.05) is 36.4 Å². The summed E-state index contributed by atoms with van der Waals surface area (Å²) in [7, 11) is -4.97. The van der Waals surface area contributed by atoms with E-state index in [4.69, 9.17) is 4.74 Å². The molecule has 9 heteroatoms. The molecule has 1 amide bonds. The fourth-order valence-corrected chi connectivity index (χ4v) is 5.86. The first-order valence-corrected chi connectivity index (χ1v) is 13.3. The van der Waals surface area contributed by atoms with Gasteiger partial charge in [0.2, 0.25) is 0 Å². The molecule has 7 nitrogen and oxygen atoms in total. The molecular weight excluding hydrogens is 481 g/mol. The highest BCUT2D eigenvalue weighted by Crippen LogP contribution is 2.44. The maximum Gasteiger partial charge on any atom is 0.411 e. The fraction of sp³-hybridized carbons (Fsp3) is 0.296. The quantitative estimate of drug-likeness (QED) is 0.479. The molecule has 0 bridgehead atoms. The SMILES string of the molecule is Cc1c(NC(=O)OCC2c3ccccc3-c3ccccc32)cc(CN2CCNCC2)cc1S(=O)(=O)F. The third kappa shape index (κ3) is 5.00. The number of nitrogens with one attached hydrogen (secondary N) is 2. The van der Waals surface area contributed by atoms with Gasteiger partial charge in [-0.25, -0.2) is 4.79 Å². The average molecular weight is 510 g/mol. The summed E-state index contributed by atoms with van der Waals surface area (Å²) in [4.78, 5) is 14.5. The van der Waals surface area contributed by atoms with Crippen molar-refractivity contribution in [2.24, 2.45) is 0 Å². The lowest BCUT2D eigenvalue weighted by Gasteiger charge is -2.27. The Morgan fingerprint density at radius 2 is 1.67 bits per heavy atom. The van der Waals surface area contributed by atoms with Crippen molar-refractivity contribution >= 4 is 22.0 Å². The van der Waals surface area contributed by atoms with E-state index in [9.17, 15) is 17.1 Å². The van der Waals surface area contributed by atoms with Gasteiger partial charge >= 0.3 is 16.3 Å². The Balaban J connectivity index is 1.35. The Kier molecular flexibility index (Phi) is 6.79. The largest absolute Gasteiger partial charge is 0.448 e. The minimum Gasteiger partial charge on any atom is -0.448 e. The van der Waals surface area contributed by atoms with E-state index >= 15 is 0 Å². The Morgan fingerprint density at radius 1 is 1.06 bits per heavy atom. The highest BCUT2D eigenvalue weighted by atomic mass is 32.3. The minimum atomic E-state index is -4.97. The van der Waals surface area contributed by atoms with Crippen molar-refractivity contribution in [3.05, 3.63) is 82.9 Å². The number of hydrogen-bond acceptors (Lipinski definition) is 6. The van der Waals surface area contributed by atoms with Gasteiger partial charge in [0.25, 0.3) is 0 Å². The molecule has 0 atom stereocenters. The lowest BCUT2D eigenvalue weighted by atomic mass is 9.98. The van der Waals surface area contributed by atoms with Gasteiger partial charge < -0.3 is 10.1 Å². The number of carbonyl (C=O) groups is 1. The van der Waals surface area contributed by atoms with Gasteiger partial charge in [-0.3, -0.25) is 10.2 Å². The summed E-state index contributed by atoms with van der Waals surface area (Å²) >= 11 is 0. The fourth-order valence-electron chi connectivity index (χ4n) is 5.09. The summed E-state index contributed by atoms with van der Waals surface area (Å²) in [6, 6.07) is 19.1. The molecular formula is C27H28FN3O4S. The van der Waals surface area contributed by atoms with Gasteiger partial charge in [-0.05, 0) is 52.4 Å². The zero-order valence-corrected chi connectivity index (χ0v) is 20.8. The number of nitrogens with zero attached hydrogens (tertiary/aromatic N) is 1. The molecule has 3 aromatic carbocycles. The van der Waals surface area contributed by atoms with E-state index in [2.05, 4.69) is 27.7 Å². The molecule has 2 N–H and O–H groups in total. The number of piperazine rings is 1.